The second-order valence-electron chi connectivity index (χ2n) is 4.20. The Hall–Kier alpha value is -0.990. The molecule has 3 heterocycles. The van der Waals surface area contributed by atoms with Crippen LogP contribution in [0.4, 0.5) is 0 Å². The summed E-state index contributed by atoms with van der Waals surface area (Å²) in [6, 6.07) is 4.05. The van der Waals surface area contributed by atoms with E-state index in [1.807, 2.05) is 19.9 Å². The molecule has 0 saturated heterocycles. The fourth-order valence-corrected chi connectivity index (χ4v) is 5.78. The highest BCUT2D eigenvalue weighted by atomic mass is 32.1. The molecule has 4 nitrogen and oxygen atoms in total. The van der Waals surface area contributed by atoms with Crippen LogP contribution < -0.4 is 0 Å². The fourth-order valence-electron chi connectivity index (χ4n) is 1.94. The number of rotatable bonds is 6. The first-order valence-electron chi connectivity index (χ1n) is 6.59. The minimum absolute atomic E-state index is 0.240. The molecule has 3 rings (SSSR count). The van der Waals surface area contributed by atoms with Crippen LogP contribution in [0.5, 0.6) is 0 Å². The van der Waals surface area contributed by atoms with Gasteiger partial charge in [0.2, 0.25) is 0 Å². The van der Waals surface area contributed by atoms with Crippen molar-refractivity contribution in [3.05, 3.63) is 21.9 Å². The molecule has 0 N–H and O–H groups in total. The van der Waals surface area contributed by atoms with Crippen LogP contribution in [0.3, 0.4) is 0 Å². The lowest BCUT2D eigenvalue weighted by Gasteiger charge is -1.97. The number of carbonyl (C=O) groups is 1. The average Bonchev–Trinajstić information content (AvgIpc) is 3.09. The maximum atomic E-state index is 11.8. The van der Waals surface area contributed by atoms with Crippen LogP contribution in [0.2, 0.25) is 0 Å². The minimum atomic E-state index is -0.240. The van der Waals surface area contributed by atoms with E-state index in [4.69, 9.17) is 14.5 Å². The van der Waals surface area contributed by atoms with Crippen molar-refractivity contribution in [2.24, 2.45) is 0 Å². The van der Waals surface area contributed by atoms with Crippen LogP contribution in [-0.2, 0) is 21.1 Å². The molecule has 0 aliphatic heterocycles. The van der Waals surface area contributed by atoms with E-state index in [1.165, 1.54) is 20.7 Å². The molecule has 3 aromatic heterocycles. The van der Waals surface area contributed by atoms with Crippen LogP contribution in [0.1, 0.15) is 28.4 Å². The molecular weight excluding hydrogens is 328 g/mol. The van der Waals surface area contributed by atoms with Crippen molar-refractivity contribution < 1.29 is 19.3 Å². The van der Waals surface area contributed by atoms with Gasteiger partial charge in [0, 0.05) is 14.3 Å². The van der Waals surface area contributed by atoms with Gasteiger partial charge in [0.15, 0.2) is 0 Å². The smallest absolute Gasteiger partial charge is 0.348 e. The third-order valence-electron chi connectivity index (χ3n) is 2.75. The van der Waals surface area contributed by atoms with Gasteiger partial charge in [-0.25, -0.2) is 14.6 Å². The molecule has 21 heavy (non-hydrogen) atoms. The van der Waals surface area contributed by atoms with Crippen LogP contribution in [0.25, 0.3) is 18.8 Å². The van der Waals surface area contributed by atoms with Crippen molar-refractivity contribution in [3.8, 4) is 0 Å². The van der Waals surface area contributed by atoms with Gasteiger partial charge in [0.1, 0.15) is 11.5 Å². The molecule has 0 aliphatic carbocycles. The van der Waals surface area contributed by atoms with Crippen LogP contribution in [0, 0.1) is 0 Å². The number of fused-ring (bicyclic) bond motifs is 3. The van der Waals surface area contributed by atoms with E-state index < -0.39 is 0 Å². The molecule has 0 atom stereocenters. The highest BCUT2D eigenvalue weighted by molar-refractivity contribution is 7.38. The summed E-state index contributed by atoms with van der Waals surface area (Å²) in [5.74, 6) is -0.240. The Morgan fingerprint density at radius 1 is 1.00 bits per heavy atom. The van der Waals surface area contributed by atoms with E-state index in [9.17, 15) is 4.79 Å². The van der Waals surface area contributed by atoms with Crippen molar-refractivity contribution in [2.75, 3.05) is 13.2 Å². The van der Waals surface area contributed by atoms with E-state index in [-0.39, 0.29) is 5.97 Å². The average molecular weight is 342 g/mol. The summed E-state index contributed by atoms with van der Waals surface area (Å²) in [5, 5.41) is 0. The molecule has 0 fully saturated rings. The molecule has 0 radical (unpaired) electrons. The molecule has 112 valence electrons. The number of ether oxygens (including phenoxy) is 1. The Balaban J connectivity index is 1.89. The SMILES string of the molecule is CCOOCc1cc2sc3cc(C(=O)OCC)sc3c2s1. The summed E-state index contributed by atoms with van der Waals surface area (Å²) in [5.41, 5.74) is 0. The van der Waals surface area contributed by atoms with E-state index in [0.717, 1.165) is 14.3 Å². The Morgan fingerprint density at radius 3 is 2.52 bits per heavy atom. The molecule has 0 unspecified atom stereocenters. The van der Waals surface area contributed by atoms with Crippen LogP contribution in [-0.4, -0.2) is 19.2 Å². The first-order chi connectivity index (χ1) is 10.2. The summed E-state index contributed by atoms with van der Waals surface area (Å²) >= 11 is 4.88. The summed E-state index contributed by atoms with van der Waals surface area (Å²) in [7, 11) is 0. The van der Waals surface area contributed by atoms with Gasteiger partial charge in [0.25, 0.3) is 0 Å². The molecule has 0 saturated carbocycles. The quantitative estimate of drug-likeness (QED) is 0.279. The van der Waals surface area contributed by atoms with Crippen molar-refractivity contribution >= 4 is 58.8 Å². The summed E-state index contributed by atoms with van der Waals surface area (Å²) < 4.78 is 9.79. The Labute approximate surface area is 133 Å². The van der Waals surface area contributed by atoms with Gasteiger partial charge in [0.05, 0.1) is 22.6 Å². The van der Waals surface area contributed by atoms with Crippen molar-refractivity contribution in [1.82, 2.24) is 0 Å². The molecule has 7 heteroatoms. The largest absolute Gasteiger partial charge is 0.462 e. The summed E-state index contributed by atoms with van der Waals surface area (Å²) in [6.45, 7) is 5.10. The van der Waals surface area contributed by atoms with Crippen molar-refractivity contribution in [2.45, 2.75) is 20.5 Å². The third kappa shape index (κ3) is 2.97. The van der Waals surface area contributed by atoms with Gasteiger partial charge in [-0.1, -0.05) is 0 Å². The molecule has 0 amide bonds. The normalized spacial score (nSPS) is 11.5. The van der Waals surface area contributed by atoms with Gasteiger partial charge in [-0.15, -0.1) is 34.0 Å². The molecular formula is C14H14O4S3. The fraction of sp³-hybridized carbons (Fsp3) is 0.357. The molecule has 0 aromatic carbocycles. The second-order valence-corrected chi connectivity index (χ2v) is 7.47. The second kappa shape index (κ2) is 6.41. The Kier molecular flexibility index (Phi) is 4.56. The number of thiophene rings is 3. The zero-order valence-corrected chi connectivity index (χ0v) is 14.1. The van der Waals surface area contributed by atoms with E-state index >= 15 is 0 Å². The van der Waals surface area contributed by atoms with E-state index in [1.54, 1.807) is 22.7 Å². The number of hydrogen-bond acceptors (Lipinski definition) is 7. The Bertz CT molecular complexity index is 768. The van der Waals surface area contributed by atoms with E-state index in [0.29, 0.717) is 24.7 Å². The predicted molar refractivity (Wildman–Crippen MR) is 87.5 cm³/mol. The molecule has 3 aromatic rings. The Morgan fingerprint density at radius 2 is 1.76 bits per heavy atom. The van der Waals surface area contributed by atoms with Crippen molar-refractivity contribution in [3.63, 3.8) is 0 Å². The zero-order valence-electron chi connectivity index (χ0n) is 11.6. The highest BCUT2D eigenvalue weighted by Crippen LogP contribution is 2.43. The van der Waals surface area contributed by atoms with Gasteiger partial charge >= 0.3 is 5.97 Å². The van der Waals surface area contributed by atoms with Crippen LogP contribution in [0.15, 0.2) is 12.1 Å². The molecule has 0 bridgehead atoms. The predicted octanol–water partition coefficient (Wildman–Crippen LogP) is 4.82. The highest BCUT2D eigenvalue weighted by Gasteiger charge is 2.17. The van der Waals surface area contributed by atoms with E-state index in [2.05, 4.69) is 6.07 Å². The topological polar surface area (TPSA) is 44.8 Å². The summed E-state index contributed by atoms with van der Waals surface area (Å²) in [4.78, 5) is 23.6. The monoisotopic (exact) mass is 342 g/mol. The maximum Gasteiger partial charge on any atom is 0.348 e. The van der Waals surface area contributed by atoms with Gasteiger partial charge in [-0.05, 0) is 26.0 Å². The third-order valence-corrected chi connectivity index (χ3v) is 6.48. The lowest BCUT2D eigenvalue weighted by molar-refractivity contribution is -0.300. The van der Waals surface area contributed by atoms with Crippen molar-refractivity contribution in [1.29, 1.82) is 0 Å². The first-order valence-corrected chi connectivity index (χ1v) is 9.04. The molecule has 0 aliphatic rings. The minimum Gasteiger partial charge on any atom is -0.462 e. The van der Waals surface area contributed by atoms with Gasteiger partial charge < -0.3 is 4.74 Å². The zero-order chi connectivity index (χ0) is 14.8. The number of hydrogen-bond donors (Lipinski definition) is 0. The van der Waals surface area contributed by atoms with Gasteiger partial charge in [-0.2, -0.15) is 0 Å². The lowest BCUT2D eigenvalue weighted by atomic mass is 10.4. The number of esters is 1. The van der Waals surface area contributed by atoms with Crippen LogP contribution >= 0.6 is 34.0 Å². The standard InChI is InChI=1S/C14H14O4S3/c1-3-16-14(15)11-6-10-13(21-11)12-9(20-10)5-8(19-12)7-18-17-4-2/h5-6H,3-4,7H2,1-2H3. The molecule has 0 spiro atoms. The first kappa shape index (κ1) is 14.9. The lowest BCUT2D eigenvalue weighted by Crippen LogP contribution is -2.01. The number of carbonyl (C=O) groups excluding carboxylic acids is 1. The summed E-state index contributed by atoms with van der Waals surface area (Å²) in [6.07, 6.45) is 0. The van der Waals surface area contributed by atoms with Gasteiger partial charge in [-0.3, -0.25) is 0 Å². The maximum absolute atomic E-state index is 11.8.